The van der Waals surface area contributed by atoms with Crippen LogP contribution in [0.1, 0.15) is 126 Å². The standard InChI is InChI=1S/C26H43NO/c1-2-3-4-5-6-7-8-9-10-11-12-13-14-15-16-17-22-25-26(28)23-20-18-19-21-24(23)27-25/h18-21,25,27H,2-17,22H2,1H3/t25-/m1/s1. The highest BCUT2D eigenvalue weighted by molar-refractivity contribution is 6.10. The number of hydrogen-bond donors (Lipinski definition) is 1. The lowest BCUT2D eigenvalue weighted by molar-refractivity contribution is 0.0975. The fourth-order valence-electron chi connectivity index (χ4n) is 4.36. The maximum Gasteiger partial charge on any atom is 0.187 e. The second kappa shape index (κ2) is 14.7. The Kier molecular flexibility index (Phi) is 12.0. The molecule has 0 radical (unpaired) electrons. The van der Waals surface area contributed by atoms with E-state index in [9.17, 15) is 4.79 Å². The number of para-hydroxylation sites is 1. The fourth-order valence-corrected chi connectivity index (χ4v) is 4.36. The van der Waals surface area contributed by atoms with Crippen LogP contribution in [0.4, 0.5) is 5.69 Å². The molecule has 0 spiro atoms. The molecule has 1 atom stereocenters. The highest BCUT2D eigenvalue weighted by Crippen LogP contribution is 2.27. The summed E-state index contributed by atoms with van der Waals surface area (Å²) in [5.74, 6) is 0.288. The van der Waals surface area contributed by atoms with Crippen molar-refractivity contribution in [3.05, 3.63) is 29.8 Å². The van der Waals surface area contributed by atoms with Crippen LogP contribution in [0.5, 0.6) is 0 Å². The van der Waals surface area contributed by atoms with Crippen molar-refractivity contribution >= 4 is 11.5 Å². The van der Waals surface area contributed by atoms with Gasteiger partial charge in [-0.3, -0.25) is 4.79 Å². The van der Waals surface area contributed by atoms with Crippen LogP contribution in [0.2, 0.25) is 0 Å². The second-order valence-electron chi connectivity index (χ2n) is 8.70. The minimum Gasteiger partial charge on any atom is -0.374 e. The first-order valence-corrected chi connectivity index (χ1v) is 12.2. The van der Waals surface area contributed by atoms with Gasteiger partial charge in [-0.2, -0.15) is 0 Å². The predicted octanol–water partition coefficient (Wildman–Crippen LogP) is 8.32. The molecular formula is C26H43NO. The van der Waals surface area contributed by atoms with Gasteiger partial charge in [0.15, 0.2) is 5.78 Å². The number of benzene rings is 1. The fraction of sp³-hybridized carbons (Fsp3) is 0.731. The summed E-state index contributed by atoms with van der Waals surface area (Å²) in [6.07, 6.45) is 23.2. The molecule has 0 bridgehead atoms. The van der Waals surface area contributed by atoms with Crippen molar-refractivity contribution < 1.29 is 4.79 Å². The molecule has 0 amide bonds. The monoisotopic (exact) mass is 385 g/mol. The largest absolute Gasteiger partial charge is 0.374 e. The number of hydrogen-bond acceptors (Lipinski definition) is 2. The van der Waals surface area contributed by atoms with E-state index in [0.717, 1.165) is 24.1 Å². The molecule has 2 nitrogen and oxygen atoms in total. The first-order chi connectivity index (χ1) is 13.8. The van der Waals surface area contributed by atoms with Gasteiger partial charge in [-0.25, -0.2) is 0 Å². The van der Waals surface area contributed by atoms with Crippen molar-refractivity contribution in [1.29, 1.82) is 0 Å². The number of rotatable bonds is 17. The summed E-state index contributed by atoms with van der Waals surface area (Å²) in [4.78, 5) is 12.3. The number of fused-ring (bicyclic) bond motifs is 1. The number of ketones is 1. The molecule has 1 N–H and O–H groups in total. The number of unbranched alkanes of at least 4 members (excludes halogenated alkanes) is 15. The molecule has 0 saturated heterocycles. The first-order valence-electron chi connectivity index (χ1n) is 12.2. The smallest absolute Gasteiger partial charge is 0.187 e. The van der Waals surface area contributed by atoms with E-state index in [4.69, 9.17) is 0 Å². The summed E-state index contributed by atoms with van der Waals surface area (Å²) >= 11 is 0. The van der Waals surface area contributed by atoms with Crippen molar-refractivity contribution in [2.45, 2.75) is 122 Å². The van der Waals surface area contributed by atoms with Crippen LogP contribution in [0.25, 0.3) is 0 Å². The highest BCUT2D eigenvalue weighted by Gasteiger charge is 2.28. The van der Waals surface area contributed by atoms with Crippen LogP contribution >= 0.6 is 0 Å². The van der Waals surface area contributed by atoms with Crippen molar-refractivity contribution in [2.24, 2.45) is 0 Å². The molecule has 1 aliphatic rings. The van der Waals surface area contributed by atoms with Gasteiger partial charge < -0.3 is 5.32 Å². The summed E-state index contributed by atoms with van der Waals surface area (Å²) in [6, 6.07) is 7.93. The minimum atomic E-state index is 0.0176. The van der Waals surface area contributed by atoms with E-state index in [1.54, 1.807) is 0 Å². The summed E-state index contributed by atoms with van der Waals surface area (Å²) in [5.41, 5.74) is 1.90. The molecule has 1 aromatic carbocycles. The van der Waals surface area contributed by atoms with Gasteiger partial charge in [0.25, 0.3) is 0 Å². The third kappa shape index (κ3) is 8.80. The molecule has 2 rings (SSSR count). The molecule has 0 aliphatic carbocycles. The lowest BCUT2D eigenvalue weighted by atomic mass is 10.0. The maximum atomic E-state index is 12.3. The molecule has 158 valence electrons. The third-order valence-corrected chi connectivity index (χ3v) is 6.19. The molecule has 1 aromatic rings. The molecule has 28 heavy (non-hydrogen) atoms. The van der Waals surface area contributed by atoms with Gasteiger partial charge >= 0.3 is 0 Å². The molecule has 0 fully saturated rings. The molecule has 0 aromatic heterocycles. The average molecular weight is 386 g/mol. The number of carbonyl (C=O) groups is 1. The zero-order valence-corrected chi connectivity index (χ0v) is 18.3. The molecular weight excluding hydrogens is 342 g/mol. The van der Waals surface area contributed by atoms with Crippen LogP contribution in [0.3, 0.4) is 0 Å². The van der Waals surface area contributed by atoms with Gasteiger partial charge in [0.1, 0.15) is 0 Å². The molecule has 1 aliphatic heterocycles. The van der Waals surface area contributed by atoms with Gasteiger partial charge in [0.2, 0.25) is 0 Å². The SMILES string of the molecule is CCCCCCCCCCCCCCCCCC[C@H]1Nc2ccccc2C1=O. The third-order valence-electron chi connectivity index (χ3n) is 6.19. The van der Waals surface area contributed by atoms with E-state index in [-0.39, 0.29) is 11.8 Å². The summed E-state index contributed by atoms with van der Waals surface area (Å²) in [6.45, 7) is 2.29. The van der Waals surface area contributed by atoms with Gasteiger partial charge in [0.05, 0.1) is 6.04 Å². The van der Waals surface area contributed by atoms with E-state index in [1.807, 2.05) is 24.3 Å². The van der Waals surface area contributed by atoms with E-state index in [0.29, 0.717) is 0 Å². The van der Waals surface area contributed by atoms with E-state index in [2.05, 4.69) is 12.2 Å². The van der Waals surface area contributed by atoms with Crippen molar-refractivity contribution in [2.75, 3.05) is 5.32 Å². The Morgan fingerprint density at radius 3 is 1.64 bits per heavy atom. The van der Waals surface area contributed by atoms with E-state index < -0.39 is 0 Å². The van der Waals surface area contributed by atoms with Crippen LogP contribution in [0, 0.1) is 0 Å². The number of anilines is 1. The molecule has 0 saturated carbocycles. The number of nitrogens with one attached hydrogen (secondary N) is 1. The Balaban J connectivity index is 1.32. The van der Waals surface area contributed by atoms with E-state index >= 15 is 0 Å². The topological polar surface area (TPSA) is 29.1 Å². The Morgan fingerprint density at radius 2 is 1.14 bits per heavy atom. The van der Waals surface area contributed by atoms with Gasteiger partial charge in [-0.1, -0.05) is 122 Å². The Bertz CT molecular complexity index is 539. The number of Topliss-reactive ketones (excluding diaryl/α,β-unsaturated/α-hetero) is 1. The molecule has 1 heterocycles. The first kappa shape index (κ1) is 23.0. The summed E-state index contributed by atoms with van der Waals surface area (Å²) in [5, 5.41) is 3.39. The summed E-state index contributed by atoms with van der Waals surface area (Å²) in [7, 11) is 0. The quantitative estimate of drug-likeness (QED) is 0.273. The minimum absolute atomic E-state index is 0.0176. The van der Waals surface area contributed by atoms with Crippen molar-refractivity contribution in [1.82, 2.24) is 0 Å². The van der Waals surface area contributed by atoms with Crippen LogP contribution < -0.4 is 5.32 Å². The second-order valence-corrected chi connectivity index (χ2v) is 8.70. The Labute approximate surface area is 173 Å². The highest BCUT2D eigenvalue weighted by atomic mass is 16.1. The number of carbonyl (C=O) groups excluding carboxylic acids is 1. The molecule has 0 unspecified atom stereocenters. The van der Waals surface area contributed by atoms with Crippen LogP contribution in [-0.4, -0.2) is 11.8 Å². The molecule has 2 heteroatoms. The Morgan fingerprint density at radius 1 is 0.679 bits per heavy atom. The van der Waals surface area contributed by atoms with Gasteiger partial charge in [-0.05, 0) is 18.6 Å². The van der Waals surface area contributed by atoms with Crippen LogP contribution in [-0.2, 0) is 0 Å². The van der Waals surface area contributed by atoms with Crippen molar-refractivity contribution in [3.8, 4) is 0 Å². The van der Waals surface area contributed by atoms with Crippen molar-refractivity contribution in [3.63, 3.8) is 0 Å². The normalized spacial score (nSPS) is 15.6. The van der Waals surface area contributed by atoms with Crippen LogP contribution in [0.15, 0.2) is 24.3 Å². The lowest BCUT2D eigenvalue weighted by Crippen LogP contribution is -2.21. The lowest BCUT2D eigenvalue weighted by Gasteiger charge is -2.09. The maximum absolute atomic E-state index is 12.3. The van der Waals surface area contributed by atoms with E-state index in [1.165, 1.54) is 96.3 Å². The summed E-state index contributed by atoms with van der Waals surface area (Å²) < 4.78 is 0. The zero-order valence-electron chi connectivity index (χ0n) is 18.3. The average Bonchev–Trinajstić information content (AvgIpc) is 3.03. The van der Waals surface area contributed by atoms with Gasteiger partial charge in [-0.15, -0.1) is 0 Å². The Hall–Kier alpha value is -1.31. The predicted molar refractivity (Wildman–Crippen MR) is 122 cm³/mol. The zero-order chi connectivity index (χ0) is 19.9. The van der Waals surface area contributed by atoms with Gasteiger partial charge in [0, 0.05) is 11.3 Å².